The number of aromatic nitrogens is 12. The average molecular weight is 1320 g/mol. The molecule has 3 aliphatic heterocycles. The molecule has 0 N–H and O–H groups in total. The van der Waals surface area contributed by atoms with Gasteiger partial charge in [0.15, 0.2) is 17.4 Å². The summed E-state index contributed by atoms with van der Waals surface area (Å²) in [5.41, 5.74) is 10.1. The van der Waals surface area contributed by atoms with Crippen LogP contribution in [0.5, 0.6) is 5.75 Å². The van der Waals surface area contributed by atoms with Crippen LogP contribution >= 0.6 is 11.6 Å². The number of nitrogens with zero attached hydrogens (tertiary/aromatic N) is 15. The lowest BCUT2D eigenvalue weighted by atomic mass is 9.87. The molecule has 16 rings (SSSR count). The van der Waals surface area contributed by atoms with Gasteiger partial charge in [-0.1, -0.05) is 71.4 Å². The van der Waals surface area contributed by atoms with E-state index >= 15 is 8.78 Å². The molecule has 1 saturated carbocycles. The summed E-state index contributed by atoms with van der Waals surface area (Å²) in [6.45, 7) is 23.5. The van der Waals surface area contributed by atoms with Crippen LogP contribution in [0.15, 0.2) is 109 Å². The van der Waals surface area contributed by atoms with Gasteiger partial charge in [0, 0.05) is 68.8 Å². The van der Waals surface area contributed by atoms with Crippen LogP contribution in [-0.4, -0.2) is 85.0 Å². The van der Waals surface area contributed by atoms with Gasteiger partial charge in [-0.15, -0.1) is 30.6 Å². The van der Waals surface area contributed by atoms with E-state index in [2.05, 4.69) is 161 Å². The van der Waals surface area contributed by atoms with Gasteiger partial charge in [-0.25, -0.2) is 13.2 Å². The van der Waals surface area contributed by atoms with Crippen LogP contribution in [-0.2, 0) is 12.8 Å². The minimum absolute atomic E-state index is 0.00787. The van der Waals surface area contributed by atoms with Crippen molar-refractivity contribution in [2.75, 3.05) is 40.9 Å². The second-order valence-electron chi connectivity index (χ2n) is 27.8. The fraction of sp³-hybridized carbons (Fsp3) is 0.338. The highest BCUT2D eigenvalue weighted by atomic mass is 35.5. The molecule has 0 radical (unpaired) electrons. The lowest BCUT2D eigenvalue weighted by molar-refractivity contribution is 0.322. The molecule has 6 aromatic carbocycles. The van der Waals surface area contributed by atoms with Gasteiger partial charge >= 0.3 is 0 Å². The molecule has 0 atom stereocenters. The van der Waals surface area contributed by atoms with Crippen LogP contribution in [0.4, 0.5) is 47.7 Å². The molecule has 16 nitrogen and oxygen atoms in total. The van der Waals surface area contributed by atoms with Gasteiger partial charge in [0.1, 0.15) is 41.2 Å². The van der Waals surface area contributed by atoms with E-state index in [0.717, 1.165) is 125 Å². The molecular weight excluding hydrogens is 1240 g/mol. The summed E-state index contributed by atoms with van der Waals surface area (Å²) in [6, 6.07) is 31.9. The Morgan fingerprint density at radius 1 is 0.515 bits per heavy atom. The number of aryl methyl sites for hydroxylation is 2. The third-order valence-electron chi connectivity index (χ3n) is 18.1. The van der Waals surface area contributed by atoms with Crippen LogP contribution in [0.3, 0.4) is 0 Å². The fourth-order valence-corrected chi connectivity index (χ4v) is 13.3. The SMILES string of the molecule is CC(C)(C)C#Cc1cccc2c1OCCCN2c1nc2nncn2c2cc(Cl)ccc12.Cc1nnc2nc(N3CCCCc4c(C#CC(C)(C)C)cccc43)c3c(F)cccc3n12.Cc1nnc2nc(N3CCCc4c(C#CC(C)(C)C5CC5)cccc43)c3c(F)c(F)ccc3n12. The second kappa shape index (κ2) is 25.4. The van der Waals surface area contributed by atoms with Gasteiger partial charge in [-0.3, -0.25) is 13.2 Å². The largest absolute Gasteiger partial charge is 0.490 e. The number of rotatable bonds is 4. The van der Waals surface area contributed by atoms with Crippen LogP contribution in [0.25, 0.3) is 50.0 Å². The van der Waals surface area contributed by atoms with E-state index in [0.29, 0.717) is 75.6 Å². The van der Waals surface area contributed by atoms with Crippen LogP contribution < -0.4 is 19.4 Å². The number of anilines is 6. The van der Waals surface area contributed by atoms with E-state index in [1.54, 1.807) is 29.8 Å². The van der Waals surface area contributed by atoms with Crippen molar-refractivity contribution in [1.29, 1.82) is 0 Å². The summed E-state index contributed by atoms with van der Waals surface area (Å²) in [4.78, 5) is 20.6. The Morgan fingerprint density at radius 2 is 1.07 bits per heavy atom. The molecule has 1 fully saturated rings. The van der Waals surface area contributed by atoms with Gasteiger partial charge < -0.3 is 19.4 Å². The van der Waals surface area contributed by atoms with Crippen molar-refractivity contribution in [3.8, 4) is 41.3 Å². The molecule has 20 heteroatoms. The van der Waals surface area contributed by atoms with Gasteiger partial charge in [-0.2, -0.15) is 15.0 Å². The zero-order valence-corrected chi connectivity index (χ0v) is 56.8. The van der Waals surface area contributed by atoms with E-state index in [-0.39, 0.29) is 27.4 Å². The molecule has 97 heavy (non-hydrogen) atoms. The first kappa shape index (κ1) is 64.1. The van der Waals surface area contributed by atoms with Crippen molar-refractivity contribution in [2.24, 2.45) is 22.2 Å². The first-order valence-electron chi connectivity index (χ1n) is 33.1. The standard InChI is InChI=1S/C27H25F2N5.C26H26FN5.C24H22ClN5O/c1-16-31-32-26-30-25(23-22(34(16)26)12-11-20(28)24(23)29)33-15-5-7-19-17(6-4-8-21(19)33)13-14-27(2,3)18-9-10-18;1-17-29-30-25-28-24(23-20(27)11-8-13-22(23)32(17)25)31-16-6-5-10-19-18(9-7-12-21(19)31)14-15-26(2,3)4;1-24(2,3)11-10-16-6-4-7-19-21(16)31-13-5-12-29(19)22-18-9-8-17(25)14-20(18)30-15-26-28-23(30)27-22/h4,6,8,11-12,18H,5,7,9-10,15H2,1-3H3;7-9,11-13H,5-6,10,16H2,1-4H3;4,6-9,14-15H,5,12-13H2,1-3H3. The van der Waals surface area contributed by atoms with Crippen LogP contribution in [0.2, 0.25) is 5.02 Å². The molecule has 0 bridgehead atoms. The lowest BCUT2D eigenvalue weighted by Crippen LogP contribution is -2.27. The van der Waals surface area contributed by atoms with Crippen molar-refractivity contribution in [3.63, 3.8) is 0 Å². The maximum absolute atomic E-state index is 15.3. The van der Waals surface area contributed by atoms with Crippen LogP contribution in [0.1, 0.15) is 133 Å². The van der Waals surface area contributed by atoms with E-state index in [1.807, 2.05) is 75.2 Å². The fourth-order valence-electron chi connectivity index (χ4n) is 13.1. The number of hydrogen-bond donors (Lipinski definition) is 0. The second-order valence-corrected chi connectivity index (χ2v) is 28.3. The molecular formula is C77H73ClF3N15O. The zero-order valence-electron chi connectivity index (χ0n) is 56.1. The molecule has 0 spiro atoms. The first-order chi connectivity index (χ1) is 46.6. The average Bonchev–Trinajstić information content (AvgIpc) is 1.74. The van der Waals surface area contributed by atoms with Crippen molar-refractivity contribution in [1.82, 2.24) is 58.7 Å². The molecule has 9 heterocycles. The molecule has 0 saturated heterocycles. The smallest absolute Gasteiger partial charge is 0.257 e. The molecule has 0 amide bonds. The number of para-hydroxylation sites is 1. The predicted molar refractivity (Wildman–Crippen MR) is 377 cm³/mol. The highest BCUT2D eigenvalue weighted by Gasteiger charge is 2.37. The third-order valence-corrected chi connectivity index (χ3v) is 18.3. The number of hydrogen-bond acceptors (Lipinski definition) is 13. The number of fused-ring (bicyclic) bond motifs is 12. The number of benzene rings is 6. The van der Waals surface area contributed by atoms with Gasteiger partial charge in [-0.05, 0) is 217 Å². The number of halogens is 4. The lowest BCUT2D eigenvalue weighted by Gasteiger charge is -2.32. The molecule has 0 unspecified atom stereocenters. The topological polar surface area (TPSA) is 148 Å². The zero-order chi connectivity index (χ0) is 67.7. The third kappa shape index (κ3) is 12.6. The Bertz CT molecular complexity index is 5330. The van der Waals surface area contributed by atoms with Crippen molar-refractivity contribution in [3.05, 3.63) is 171 Å². The Hall–Kier alpha value is -10.3. The normalized spacial score (nSPS) is 14.8. The predicted octanol–water partition coefficient (Wildman–Crippen LogP) is 16.6. The van der Waals surface area contributed by atoms with Crippen LogP contribution in [0, 0.1) is 89.0 Å². The van der Waals surface area contributed by atoms with E-state index in [4.69, 9.17) is 26.3 Å². The summed E-state index contributed by atoms with van der Waals surface area (Å²) in [7, 11) is 0. The quantitative estimate of drug-likeness (QED) is 0.154. The Morgan fingerprint density at radius 3 is 1.73 bits per heavy atom. The maximum Gasteiger partial charge on any atom is 0.257 e. The highest BCUT2D eigenvalue weighted by molar-refractivity contribution is 6.31. The molecule has 12 aromatic rings. The molecule has 1 aliphatic carbocycles. The summed E-state index contributed by atoms with van der Waals surface area (Å²) >= 11 is 6.30. The summed E-state index contributed by atoms with van der Waals surface area (Å²) in [6.07, 6.45) is 9.70. The van der Waals surface area contributed by atoms with Crippen molar-refractivity contribution in [2.45, 2.75) is 121 Å². The van der Waals surface area contributed by atoms with Crippen molar-refractivity contribution >= 4 is 96.2 Å². The Kier molecular flexibility index (Phi) is 16.8. The van der Waals surface area contributed by atoms with Crippen molar-refractivity contribution < 1.29 is 17.9 Å². The summed E-state index contributed by atoms with van der Waals surface area (Å²) in [5.74, 6) is 24.1. The minimum atomic E-state index is -0.913. The van der Waals surface area contributed by atoms with Gasteiger partial charge in [0.05, 0.1) is 45.2 Å². The van der Waals surface area contributed by atoms with Gasteiger partial charge in [0.25, 0.3) is 17.3 Å². The number of ether oxygens (including phenoxy) is 1. The van der Waals surface area contributed by atoms with E-state index in [1.165, 1.54) is 24.5 Å². The van der Waals surface area contributed by atoms with E-state index < -0.39 is 11.6 Å². The Balaban J connectivity index is 0.000000125. The highest BCUT2D eigenvalue weighted by Crippen LogP contribution is 2.46. The van der Waals surface area contributed by atoms with E-state index in [9.17, 15) is 4.39 Å². The van der Waals surface area contributed by atoms with Gasteiger partial charge in [0.2, 0.25) is 0 Å². The monoisotopic (exact) mass is 1320 g/mol. The molecule has 4 aliphatic rings. The Labute approximate surface area is 566 Å². The molecule has 6 aromatic heterocycles. The first-order valence-corrected chi connectivity index (χ1v) is 33.5. The maximum atomic E-state index is 15.3. The summed E-state index contributed by atoms with van der Waals surface area (Å²) < 4.78 is 56.4. The minimum Gasteiger partial charge on any atom is -0.490 e. The molecule has 490 valence electrons. The summed E-state index contributed by atoms with van der Waals surface area (Å²) in [5, 5.41) is 27.2.